The van der Waals surface area contributed by atoms with Crippen molar-refractivity contribution < 1.29 is 13.6 Å². The lowest BCUT2D eigenvalue weighted by Crippen LogP contribution is -2.36. The molecule has 2 aliphatic rings. The van der Waals surface area contributed by atoms with E-state index in [-0.39, 0.29) is 11.7 Å². The molecule has 0 spiro atoms. The molecule has 2 heterocycles. The van der Waals surface area contributed by atoms with Crippen LogP contribution in [-0.4, -0.2) is 22.3 Å². The van der Waals surface area contributed by atoms with Crippen LogP contribution >= 0.6 is 0 Å². The van der Waals surface area contributed by atoms with Gasteiger partial charge in [0.2, 0.25) is 0 Å². The zero-order valence-electron chi connectivity index (χ0n) is 13.1. The molecule has 4 rings (SSSR count). The number of hydrogen-bond donors (Lipinski definition) is 0. The summed E-state index contributed by atoms with van der Waals surface area (Å²) in [4.78, 5) is 19.0. The van der Waals surface area contributed by atoms with E-state index in [0.717, 1.165) is 35.7 Å². The highest BCUT2D eigenvalue weighted by Crippen LogP contribution is 2.37. The molecule has 0 N–H and O–H groups in total. The van der Waals surface area contributed by atoms with Gasteiger partial charge in [-0.25, -0.2) is 9.37 Å². The molecular formula is C18H19FN2O2. The summed E-state index contributed by atoms with van der Waals surface area (Å²) >= 11 is 0. The lowest BCUT2D eigenvalue weighted by atomic mass is 9.85. The first-order valence-corrected chi connectivity index (χ1v) is 8.15. The van der Waals surface area contributed by atoms with E-state index in [0.29, 0.717) is 31.0 Å². The van der Waals surface area contributed by atoms with Crippen LogP contribution in [0.25, 0.3) is 0 Å². The molecule has 4 nitrogen and oxygen atoms in total. The molecule has 120 valence electrons. The number of nitrogens with zero attached hydrogens (tertiary/aromatic N) is 2. The van der Waals surface area contributed by atoms with Crippen LogP contribution in [0.1, 0.15) is 58.4 Å². The first-order valence-electron chi connectivity index (χ1n) is 8.15. The van der Waals surface area contributed by atoms with Crippen molar-refractivity contribution in [3.8, 4) is 0 Å². The molecular weight excluding hydrogens is 295 g/mol. The maximum Gasteiger partial charge on any atom is 0.254 e. The van der Waals surface area contributed by atoms with E-state index in [4.69, 9.17) is 4.42 Å². The third-order valence-corrected chi connectivity index (χ3v) is 4.92. The predicted octanol–water partition coefficient (Wildman–Crippen LogP) is 3.59. The van der Waals surface area contributed by atoms with Gasteiger partial charge in [-0.1, -0.05) is 12.5 Å². The van der Waals surface area contributed by atoms with Crippen molar-refractivity contribution in [3.05, 3.63) is 52.5 Å². The third-order valence-electron chi connectivity index (χ3n) is 4.92. The molecule has 2 aromatic rings. The average Bonchev–Trinajstić information content (AvgIpc) is 2.89. The number of amides is 1. The maximum atomic E-state index is 13.5. The van der Waals surface area contributed by atoms with Crippen molar-refractivity contribution in [3.63, 3.8) is 0 Å². The van der Waals surface area contributed by atoms with Gasteiger partial charge >= 0.3 is 0 Å². The van der Waals surface area contributed by atoms with Gasteiger partial charge < -0.3 is 9.32 Å². The Balaban J connectivity index is 1.56. The first-order chi connectivity index (χ1) is 11.1. The number of aryl methyl sites for hydroxylation is 1. The summed E-state index contributed by atoms with van der Waals surface area (Å²) in [7, 11) is 0. The number of hydrogen-bond acceptors (Lipinski definition) is 3. The number of carbonyl (C=O) groups excluding carboxylic acids is 1. The third kappa shape index (κ3) is 2.54. The average molecular weight is 314 g/mol. The van der Waals surface area contributed by atoms with Gasteiger partial charge in [-0.15, -0.1) is 0 Å². The number of rotatable bonds is 2. The Labute approximate surface area is 134 Å². The van der Waals surface area contributed by atoms with Gasteiger partial charge in [-0.3, -0.25) is 4.79 Å². The molecule has 0 unspecified atom stereocenters. The van der Waals surface area contributed by atoms with E-state index in [2.05, 4.69) is 4.98 Å². The van der Waals surface area contributed by atoms with E-state index < -0.39 is 0 Å². The van der Waals surface area contributed by atoms with E-state index in [9.17, 15) is 9.18 Å². The molecule has 0 saturated heterocycles. The van der Waals surface area contributed by atoms with E-state index in [1.165, 1.54) is 18.6 Å². The molecule has 23 heavy (non-hydrogen) atoms. The minimum atomic E-state index is -0.384. The Morgan fingerprint density at radius 2 is 2.22 bits per heavy atom. The molecule has 1 aliphatic carbocycles. The highest BCUT2D eigenvalue weighted by Gasteiger charge is 2.30. The second-order valence-electron chi connectivity index (χ2n) is 6.49. The minimum absolute atomic E-state index is 0.138. The molecule has 1 aromatic heterocycles. The topological polar surface area (TPSA) is 46.3 Å². The quantitative estimate of drug-likeness (QED) is 0.851. The Morgan fingerprint density at radius 1 is 1.39 bits per heavy atom. The second kappa shape index (κ2) is 5.48. The Hall–Kier alpha value is -2.17. The van der Waals surface area contributed by atoms with E-state index in [1.54, 1.807) is 11.0 Å². The van der Waals surface area contributed by atoms with Crippen molar-refractivity contribution in [2.24, 2.45) is 0 Å². The number of oxazole rings is 1. The van der Waals surface area contributed by atoms with Crippen LogP contribution in [0.5, 0.6) is 0 Å². The second-order valence-corrected chi connectivity index (χ2v) is 6.49. The molecule has 1 fully saturated rings. The van der Waals surface area contributed by atoms with Crippen LogP contribution in [0.4, 0.5) is 4.39 Å². The van der Waals surface area contributed by atoms with Crippen molar-refractivity contribution in [2.45, 2.75) is 45.1 Å². The van der Waals surface area contributed by atoms with Gasteiger partial charge in [0.15, 0.2) is 5.89 Å². The fraction of sp³-hybridized carbons (Fsp3) is 0.444. The maximum absolute atomic E-state index is 13.5. The monoisotopic (exact) mass is 314 g/mol. The van der Waals surface area contributed by atoms with Gasteiger partial charge in [0.05, 0.1) is 6.54 Å². The molecule has 1 aliphatic heterocycles. The van der Waals surface area contributed by atoms with Crippen LogP contribution in [0.15, 0.2) is 22.6 Å². The molecule has 0 atom stereocenters. The Kier molecular flexibility index (Phi) is 3.43. The number of halogens is 1. The SMILES string of the molecule is Cc1ccc(F)cc1C(=O)N1CCc2oc(C3CCC3)nc2C1. The summed E-state index contributed by atoms with van der Waals surface area (Å²) in [5, 5.41) is 0. The van der Waals surface area contributed by atoms with Crippen LogP contribution in [0.2, 0.25) is 0 Å². The Morgan fingerprint density at radius 3 is 2.96 bits per heavy atom. The standard InChI is InChI=1S/C18H19FN2O2/c1-11-5-6-13(19)9-14(11)18(22)21-8-7-16-15(10-21)20-17(23-16)12-3-2-4-12/h5-6,9,12H,2-4,7-8,10H2,1H3. The fourth-order valence-electron chi connectivity index (χ4n) is 3.22. The van der Waals surface area contributed by atoms with Crippen LogP contribution in [-0.2, 0) is 13.0 Å². The summed E-state index contributed by atoms with van der Waals surface area (Å²) in [5.74, 6) is 1.67. The lowest BCUT2D eigenvalue weighted by molar-refractivity contribution is 0.0726. The number of carbonyl (C=O) groups is 1. The highest BCUT2D eigenvalue weighted by atomic mass is 19.1. The minimum Gasteiger partial charge on any atom is -0.445 e. The molecule has 1 amide bonds. The summed E-state index contributed by atoms with van der Waals surface area (Å²) in [6, 6.07) is 4.33. The zero-order chi connectivity index (χ0) is 16.0. The van der Waals surface area contributed by atoms with E-state index in [1.807, 2.05) is 6.92 Å². The molecule has 5 heteroatoms. The predicted molar refractivity (Wildman–Crippen MR) is 82.7 cm³/mol. The molecule has 0 radical (unpaired) electrons. The van der Waals surface area contributed by atoms with Gasteiger partial charge in [-0.2, -0.15) is 0 Å². The van der Waals surface area contributed by atoms with Gasteiger partial charge in [-0.05, 0) is 37.5 Å². The smallest absolute Gasteiger partial charge is 0.254 e. The summed E-state index contributed by atoms with van der Waals surface area (Å²) in [6.45, 7) is 2.86. The summed E-state index contributed by atoms with van der Waals surface area (Å²) < 4.78 is 19.3. The molecule has 0 bridgehead atoms. The number of fused-ring (bicyclic) bond motifs is 1. The highest BCUT2D eigenvalue weighted by molar-refractivity contribution is 5.95. The largest absolute Gasteiger partial charge is 0.445 e. The van der Waals surface area contributed by atoms with Crippen molar-refractivity contribution in [2.75, 3.05) is 6.54 Å². The number of aromatic nitrogens is 1. The fourth-order valence-corrected chi connectivity index (χ4v) is 3.22. The number of benzene rings is 1. The van der Waals surface area contributed by atoms with Gasteiger partial charge in [0, 0.05) is 24.4 Å². The first kappa shape index (κ1) is 14.4. The van der Waals surface area contributed by atoms with Crippen LogP contribution < -0.4 is 0 Å². The summed E-state index contributed by atoms with van der Waals surface area (Å²) in [6.07, 6.45) is 4.20. The van der Waals surface area contributed by atoms with Gasteiger partial charge in [0.25, 0.3) is 5.91 Å². The normalized spacial score (nSPS) is 17.7. The van der Waals surface area contributed by atoms with Crippen LogP contribution in [0.3, 0.4) is 0 Å². The van der Waals surface area contributed by atoms with E-state index >= 15 is 0 Å². The van der Waals surface area contributed by atoms with Crippen LogP contribution in [0, 0.1) is 12.7 Å². The zero-order valence-corrected chi connectivity index (χ0v) is 13.1. The van der Waals surface area contributed by atoms with Gasteiger partial charge in [0.1, 0.15) is 17.3 Å². The van der Waals surface area contributed by atoms with Crippen molar-refractivity contribution in [1.82, 2.24) is 9.88 Å². The molecule has 1 aromatic carbocycles. The van der Waals surface area contributed by atoms with Crippen molar-refractivity contribution in [1.29, 1.82) is 0 Å². The van der Waals surface area contributed by atoms with Crippen molar-refractivity contribution >= 4 is 5.91 Å². The Bertz CT molecular complexity index is 764. The summed E-state index contributed by atoms with van der Waals surface area (Å²) in [5.41, 5.74) is 2.08. The molecule has 1 saturated carbocycles. The lowest BCUT2D eigenvalue weighted by Gasteiger charge is -2.26.